The topological polar surface area (TPSA) is 72.9 Å². The Morgan fingerprint density at radius 3 is 2.67 bits per heavy atom. The number of carbonyl (C=O) groups excluding carboxylic acids is 1. The molecule has 0 saturated heterocycles. The summed E-state index contributed by atoms with van der Waals surface area (Å²) < 4.78 is 14.7. The minimum Gasteiger partial charge on any atom is -0.346 e. The zero-order valence-electron chi connectivity index (χ0n) is 13.6. The van der Waals surface area contributed by atoms with Crippen molar-refractivity contribution in [3.05, 3.63) is 48.3 Å². The van der Waals surface area contributed by atoms with Crippen molar-refractivity contribution in [3.63, 3.8) is 0 Å². The highest BCUT2D eigenvalue weighted by Crippen LogP contribution is 2.26. The van der Waals surface area contributed by atoms with Gasteiger partial charge in [-0.25, -0.2) is 9.37 Å². The van der Waals surface area contributed by atoms with E-state index in [0.29, 0.717) is 23.8 Å². The Labute approximate surface area is 141 Å². The van der Waals surface area contributed by atoms with Crippen molar-refractivity contribution < 1.29 is 9.18 Å². The molecule has 1 aliphatic carbocycles. The van der Waals surface area contributed by atoms with E-state index in [1.54, 1.807) is 23.0 Å². The van der Waals surface area contributed by atoms with Gasteiger partial charge in [0, 0.05) is 18.3 Å². The van der Waals surface area contributed by atoms with Gasteiger partial charge >= 0.3 is 0 Å². The maximum Gasteiger partial charge on any atom is 0.270 e. The van der Waals surface area contributed by atoms with Gasteiger partial charge in [-0.05, 0) is 43.0 Å². The molecule has 128 valence electrons. The molecule has 3 rings (SSSR count). The van der Waals surface area contributed by atoms with Gasteiger partial charge < -0.3 is 11.1 Å². The summed E-state index contributed by atoms with van der Waals surface area (Å²) in [4.78, 5) is 16.7. The predicted octanol–water partition coefficient (Wildman–Crippen LogP) is 2.65. The van der Waals surface area contributed by atoms with Crippen LogP contribution in [-0.2, 0) is 0 Å². The number of hydrogen-bond donors (Lipinski definition) is 2. The molecule has 1 aliphatic rings. The van der Waals surface area contributed by atoms with Gasteiger partial charge in [-0.1, -0.05) is 19.3 Å². The summed E-state index contributed by atoms with van der Waals surface area (Å²) in [6.07, 6.45) is 8.96. The Morgan fingerprint density at radius 2 is 2.00 bits per heavy atom. The predicted molar refractivity (Wildman–Crippen MR) is 90.4 cm³/mol. The lowest BCUT2D eigenvalue weighted by atomic mass is 9.84. The van der Waals surface area contributed by atoms with Gasteiger partial charge in [-0.3, -0.25) is 9.36 Å². The molecule has 24 heavy (non-hydrogen) atoms. The van der Waals surface area contributed by atoms with Gasteiger partial charge in [-0.15, -0.1) is 0 Å². The molecular weight excluding hydrogens is 307 g/mol. The molecular formula is C18H23FN4O. The molecule has 0 bridgehead atoms. The van der Waals surface area contributed by atoms with Gasteiger partial charge in [-0.2, -0.15) is 0 Å². The largest absolute Gasteiger partial charge is 0.346 e. The number of rotatable bonds is 5. The number of nitrogens with two attached hydrogens (primary N) is 1. The van der Waals surface area contributed by atoms with Crippen LogP contribution in [0.5, 0.6) is 0 Å². The molecule has 1 heterocycles. The number of imidazole rings is 1. The Hall–Kier alpha value is -2.21. The van der Waals surface area contributed by atoms with E-state index >= 15 is 0 Å². The van der Waals surface area contributed by atoms with Crippen LogP contribution in [-0.4, -0.2) is 28.0 Å². The van der Waals surface area contributed by atoms with Crippen LogP contribution in [0.4, 0.5) is 4.39 Å². The van der Waals surface area contributed by atoms with Gasteiger partial charge in [0.15, 0.2) is 0 Å². The number of carbonyl (C=O) groups is 1. The van der Waals surface area contributed by atoms with E-state index in [1.165, 1.54) is 37.6 Å². The molecule has 1 atom stereocenters. The van der Waals surface area contributed by atoms with Crippen molar-refractivity contribution in [2.24, 2.45) is 11.7 Å². The number of halogens is 1. The van der Waals surface area contributed by atoms with Gasteiger partial charge in [0.05, 0.1) is 12.5 Å². The minimum atomic E-state index is -0.314. The van der Waals surface area contributed by atoms with Crippen molar-refractivity contribution >= 4 is 5.91 Å². The molecule has 0 aliphatic heterocycles. The summed E-state index contributed by atoms with van der Waals surface area (Å²) in [7, 11) is 0. The monoisotopic (exact) mass is 330 g/mol. The summed E-state index contributed by atoms with van der Waals surface area (Å²) in [5, 5.41) is 3.06. The van der Waals surface area contributed by atoms with Crippen LogP contribution >= 0.6 is 0 Å². The van der Waals surface area contributed by atoms with Gasteiger partial charge in [0.25, 0.3) is 5.91 Å². The molecule has 0 spiro atoms. The first-order chi connectivity index (χ1) is 11.7. The molecule has 1 fully saturated rings. The fourth-order valence-corrected chi connectivity index (χ4v) is 3.42. The standard InChI is InChI=1S/C18H23FN4O/c19-14-6-8-15(9-7-14)23-12-21-11-17(23)18(24)22-16(10-20)13-4-2-1-3-5-13/h6-9,11-13,16H,1-5,10,20H2,(H,22,24). The molecule has 6 heteroatoms. The van der Waals surface area contributed by atoms with Crippen LogP contribution in [0.3, 0.4) is 0 Å². The lowest BCUT2D eigenvalue weighted by Gasteiger charge is -2.30. The van der Waals surface area contributed by atoms with Crippen molar-refractivity contribution in [2.45, 2.75) is 38.1 Å². The fourth-order valence-electron chi connectivity index (χ4n) is 3.42. The maximum absolute atomic E-state index is 13.1. The number of hydrogen-bond acceptors (Lipinski definition) is 3. The van der Waals surface area contributed by atoms with E-state index in [2.05, 4.69) is 10.3 Å². The normalized spacial score (nSPS) is 16.8. The summed E-state index contributed by atoms with van der Waals surface area (Å²) in [5.41, 5.74) is 7.01. The molecule has 2 aromatic rings. The van der Waals surface area contributed by atoms with Crippen LogP contribution in [0.1, 0.15) is 42.6 Å². The lowest BCUT2D eigenvalue weighted by Crippen LogP contribution is -2.46. The molecule has 1 aromatic carbocycles. The first-order valence-corrected chi connectivity index (χ1v) is 8.48. The summed E-state index contributed by atoms with van der Waals surface area (Å²) in [6, 6.07) is 5.95. The van der Waals surface area contributed by atoms with Crippen LogP contribution in [0.2, 0.25) is 0 Å². The SMILES string of the molecule is NCC(NC(=O)c1cncn1-c1ccc(F)cc1)C1CCCCC1. The van der Waals surface area contributed by atoms with E-state index in [1.807, 2.05) is 0 Å². The number of nitrogens with zero attached hydrogens (tertiary/aromatic N) is 2. The molecule has 0 radical (unpaired) electrons. The Balaban J connectivity index is 1.75. The van der Waals surface area contributed by atoms with Crippen molar-refractivity contribution in [1.82, 2.24) is 14.9 Å². The first kappa shape index (κ1) is 16.6. The van der Waals surface area contributed by atoms with Crippen molar-refractivity contribution in [2.75, 3.05) is 6.54 Å². The van der Waals surface area contributed by atoms with E-state index in [9.17, 15) is 9.18 Å². The zero-order valence-corrected chi connectivity index (χ0v) is 13.6. The smallest absolute Gasteiger partial charge is 0.270 e. The summed E-state index contributed by atoms with van der Waals surface area (Å²) >= 11 is 0. The van der Waals surface area contributed by atoms with Crippen LogP contribution < -0.4 is 11.1 Å². The summed E-state index contributed by atoms with van der Waals surface area (Å²) in [6.45, 7) is 0.432. The van der Waals surface area contributed by atoms with Crippen molar-refractivity contribution in [3.8, 4) is 5.69 Å². The Bertz CT molecular complexity index is 677. The number of nitrogens with one attached hydrogen (secondary N) is 1. The Morgan fingerprint density at radius 1 is 1.29 bits per heavy atom. The van der Waals surface area contributed by atoms with E-state index < -0.39 is 0 Å². The lowest BCUT2D eigenvalue weighted by molar-refractivity contribution is 0.0908. The molecule has 1 unspecified atom stereocenters. The minimum absolute atomic E-state index is 0.0191. The maximum atomic E-state index is 13.1. The quantitative estimate of drug-likeness (QED) is 0.885. The average Bonchev–Trinajstić information content (AvgIpc) is 3.10. The third kappa shape index (κ3) is 3.64. The number of amides is 1. The first-order valence-electron chi connectivity index (χ1n) is 8.48. The number of aromatic nitrogens is 2. The third-order valence-corrected chi connectivity index (χ3v) is 4.77. The second-order valence-corrected chi connectivity index (χ2v) is 6.34. The highest BCUT2D eigenvalue weighted by Gasteiger charge is 2.25. The zero-order chi connectivity index (χ0) is 16.9. The molecule has 1 saturated carbocycles. The van der Waals surface area contributed by atoms with E-state index in [-0.39, 0.29) is 17.8 Å². The van der Waals surface area contributed by atoms with Gasteiger partial charge in [0.1, 0.15) is 11.5 Å². The molecule has 3 N–H and O–H groups in total. The third-order valence-electron chi connectivity index (χ3n) is 4.77. The van der Waals surface area contributed by atoms with Crippen LogP contribution in [0.25, 0.3) is 5.69 Å². The number of benzene rings is 1. The van der Waals surface area contributed by atoms with Crippen molar-refractivity contribution in [1.29, 1.82) is 0 Å². The second kappa shape index (κ2) is 7.57. The average molecular weight is 330 g/mol. The molecule has 1 amide bonds. The highest BCUT2D eigenvalue weighted by atomic mass is 19.1. The fraction of sp³-hybridized carbons (Fsp3) is 0.444. The second-order valence-electron chi connectivity index (χ2n) is 6.34. The van der Waals surface area contributed by atoms with E-state index in [4.69, 9.17) is 5.73 Å². The van der Waals surface area contributed by atoms with Crippen LogP contribution in [0.15, 0.2) is 36.8 Å². The molecule has 1 aromatic heterocycles. The molecule has 5 nitrogen and oxygen atoms in total. The van der Waals surface area contributed by atoms with Crippen LogP contribution in [0, 0.1) is 11.7 Å². The van der Waals surface area contributed by atoms with E-state index in [0.717, 1.165) is 12.8 Å². The van der Waals surface area contributed by atoms with Gasteiger partial charge in [0.2, 0.25) is 0 Å². The summed E-state index contributed by atoms with van der Waals surface area (Å²) in [5.74, 6) is -0.0712. The highest BCUT2D eigenvalue weighted by molar-refractivity contribution is 5.93. The Kier molecular flexibility index (Phi) is 5.25.